The van der Waals surface area contributed by atoms with Crippen molar-refractivity contribution in [1.82, 2.24) is 10.2 Å². The predicted molar refractivity (Wildman–Crippen MR) is 150 cm³/mol. The number of carbonyl (C=O) groups is 3. The van der Waals surface area contributed by atoms with Crippen molar-refractivity contribution in [3.05, 3.63) is 24.3 Å². The van der Waals surface area contributed by atoms with Gasteiger partial charge in [-0.15, -0.1) is 11.8 Å². The van der Waals surface area contributed by atoms with Crippen molar-refractivity contribution in [1.29, 1.82) is 0 Å². The predicted octanol–water partition coefficient (Wildman–Crippen LogP) is 3.64. The lowest BCUT2D eigenvalue weighted by Crippen LogP contribution is -2.61. The minimum atomic E-state index is -0.711. The van der Waals surface area contributed by atoms with Gasteiger partial charge < -0.3 is 25.2 Å². The number of thioether (sulfide) groups is 1. The van der Waals surface area contributed by atoms with Gasteiger partial charge in [-0.1, -0.05) is 19.9 Å². The third-order valence-electron chi connectivity index (χ3n) is 9.58. The fourth-order valence-corrected chi connectivity index (χ4v) is 7.93. The number of hydrogen-bond donors (Lipinski definition) is 4. The van der Waals surface area contributed by atoms with Crippen molar-refractivity contribution in [3.8, 4) is 0 Å². The third kappa shape index (κ3) is 6.23. The molecule has 1 heterocycles. The summed E-state index contributed by atoms with van der Waals surface area (Å²) in [4.78, 5) is 40.5. The number of nitrogens with zero attached hydrogens (tertiary/aromatic N) is 1. The summed E-state index contributed by atoms with van der Waals surface area (Å²) >= 11 is 1.59. The molecule has 1 aliphatic heterocycles. The van der Waals surface area contributed by atoms with E-state index in [-0.39, 0.29) is 42.7 Å². The highest BCUT2D eigenvalue weighted by atomic mass is 32.2. The molecule has 1 saturated heterocycles. The Morgan fingerprint density at radius 2 is 1.95 bits per heavy atom. The summed E-state index contributed by atoms with van der Waals surface area (Å²) in [6.45, 7) is 6.49. The molecule has 4 N–H and O–H groups in total. The van der Waals surface area contributed by atoms with Crippen molar-refractivity contribution in [3.63, 3.8) is 0 Å². The highest BCUT2D eigenvalue weighted by Gasteiger charge is 2.60. The van der Waals surface area contributed by atoms with Crippen molar-refractivity contribution in [2.75, 3.05) is 31.3 Å². The molecule has 39 heavy (non-hydrogen) atoms. The number of aliphatic hydroxyl groups is 2. The lowest BCUT2D eigenvalue weighted by molar-refractivity contribution is -0.186. The molecule has 216 valence electrons. The number of carbonyl (C=O) groups excluding carboxylic acids is 3. The molecule has 2 saturated carbocycles. The minimum Gasteiger partial charge on any atom is -0.445 e. The first-order valence-electron chi connectivity index (χ1n) is 14.0. The Morgan fingerprint density at radius 1 is 1.18 bits per heavy atom. The van der Waals surface area contributed by atoms with Crippen LogP contribution in [0.5, 0.6) is 0 Å². The van der Waals surface area contributed by atoms with E-state index in [2.05, 4.69) is 17.6 Å². The molecule has 0 spiro atoms. The average Bonchev–Trinajstić information content (AvgIpc) is 3.36. The van der Waals surface area contributed by atoms with Gasteiger partial charge in [0.15, 0.2) is 0 Å². The molecule has 1 unspecified atom stereocenters. The summed E-state index contributed by atoms with van der Waals surface area (Å²) in [6.07, 6.45) is 3.69. The maximum Gasteiger partial charge on any atom is 0.411 e. The van der Waals surface area contributed by atoms with E-state index < -0.39 is 29.1 Å². The number of nitrogens with one attached hydrogen (secondary N) is 2. The fraction of sp³-hybridized carbons (Fsp3) is 0.690. The SMILES string of the molecule is CSc1cccc(NC(=O)O[C@@H]2CC[C@]3(C)C(CC[C@@H](O)[C@H]3CC(=O)N3CC[C@H](NC(C)=O)C3)[C@]2(C)CO)c1. The van der Waals surface area contributed by atoms with Crippen LogP contribution in [0.3, 0.4) is 0 Å². The molecular formula is C29H43N3O6S. The summed E-state index contributed by atoms with van der Waals surface area (Å²) in [5, 5.41) is 27.5. The first kappa shape index (κ1) is 29.7. The van der Waals surface area contributed by atoms with Crippen LogP contribution in [0.15, 0.2) is 29.2 Å². The maximum atomic E-state index is 13.3. The minimum absolute atomic E-state index is 0.00953. The Morgan fingerprint density at radius 3 is 2.64 bits per heavy atom. The lowest BCUT2D eigenvalue weighted by Gasteiger charge is -2.60. The van der Waals surface area contributed by atoms with E-state index in [9.17, 15) is 24.6 Å². The number of rotatable bonds is 7. The number of aliphatic hydroxyl groups excluding tert-OH is 2. The molecule has 1 aromatic rings. The quantitative estimate of drug-likeness (QED) is 0.374. The molecule has 10 heteroatoms. The van der Waals surface area contributed by atoms with E-state index in [0.717, 1.165) is 11.3 Å². The summed E-state index contributed by atoms with van der Waals surface area (Å²) in [5.74, 6) is -0.409. The number of benzene rings is 1. The first-order chi connectivity index (χ1) is 18.5. The molecule has 2 aliphatic carbocycles. The normalized spacial score (nSPS) is 34.2. The van der Waals surface area contributed by atoms with Crippen LogP contribution in [-0.2, 0) is 14.3 Å². The summed E-state index contributed by atoms with van der Waals surface area (Å²) in [7, 11) is 0. The number of amides is 3. The van der Waals surface area contributed by atoms with Crippen LogP contribution in [0, 0.1) is 22.7 Å². The zero-order valence-electron chi connectivity index (χ0n) is 23.4. The average molecular weight is 562 g/mol. The van der Waals surface area contributed by atoms with Crippen LogP contribution in [0.25, 0.3) is 0 Å². The molecular weight excluding hydrogens is 518 g/mol. The molecule has 0 bridgehead atoms. The summed E-state index contributed by atoms with van der Waals surface area (Å²) < 4.78 is 5.95. The molecule has 7 atom stereocenters. The van der Waals surface area contributed by atoms with E-state index >= 15 is 0 Å². The van der Waals surface area contributed by atoms with E-state index in [0.29, 0.717) is 44.5 Å². The van der Waals surface area contributed by atoms with E-state index in [4.69, 9.17) is 4.74 Å². The monoisotopic (exact) mass is 561 g/mol. The Balaban J connectivity index is 1.45. The molecule has 0 aromatic heterocycles. The molecule has 3 aliphatic rings. The zero-order chi connectivity index (χ0) is 28.4. The summed E-state index contributed by atoms with van der Waals surface area (Å²) in [6, 6.07) is 7.51. The van der Waals surface area contributed by atoms with Crippen LogP contribution in [0.1, 0.15) is 59.3 Å². The van der Waals surface area contributed by atoms with E-state index in [1.807, 2.05) is 37.4 Å². The van der Waals surface area contributed by atoms with Crippen LogP contribution >= 0.6 is 11.8 Å². The van der Waals surface area contributed by atoms with Crippen molar-refractivity contribution in [2.45, 2.75) is 82.4 Å². The van der Waals surface area contributed by atoms with Crippen LogP contribution in [0.2, 0.25) is 0 Å². The molecule has 3 amide bonds. The second-order valence-corrected chi connectivity index (χ2v) is 12.9. The van der Waals surface area contributed by atoms with Crippen molar-refractivity contribution < 1.29 is 29.3 Å². The zero-order valence-corrected chi connectivity index (χ0v) is 24.3. The largest absolute Gasteiger partial charge is 0.445 e. The number of likely N-dealkylation sites (tertiary alicyclic amines) is 1. The Hall–Kier alpha value is -2.30. The van der Waals surface area contributed by atoms with Crippen LogP contribution in [-0.4, -0.2) is 77.2 Å². The van der Waals surface area contributed by atoms with Gasteiger partial charge in [0, 0.05) is 48.5 Å². The smallest absolute Gasteiger partial charge is 0.411 e. The van der Waals surface area contributed by atoms with Crippen LogP contribution in [0.4, 0.5) is 10.5 Å². The van der Waals surface area contributed by atoms with Gasteiger partial charge >= 0.3 is 6.09 Å². The van der Waals surface area contributed by atoms with Crippen molar-refractivity contribution in [2.24, 2.45) is 22.7 Å². The molecule has 1 aromatic carbocycles. The maximum absolute atomic E-state index is 13.3. The van der Waals surface area contributed by atoms with Gasteiger partial charge in [-0.05, 0) is 73.8 Å². The fourth-order valence-electron chi connectivity index (χ4n) is 7.47. The second-order valence-electron chi connectivity index (χ2n) is 12.0. The molecule has 0 radical (unpaired) electrons. The van der Waals surface area contributed by atoms with E-state index in [1.165, 1.54) is 6.92 Å². The number of ether oxygens (including phenoxy) is 1. The second kappa shape index (κ2) is 12.1. The molecule has 4 rings (SSSR count). The highest BCUT2D eigenvalue weighted by Crippen LogP contribution is 2.61. The van der Waals surface area contributed by atoms with Gasteiger partial charge in [0.25, 0.3) is 0 Å². The van der Waals surface area contributed by atoms with Gasteiger partial charge in [0.1, 0.15) is 6.10 Å². The van der Waals surface area contributed by atoms with Gasteiger partial charge in [-0.2, -0.15) is 0 Å². The Labute approximate surface area is 235 Å². The van der Waals surface area contributed by atoms with E-state index in [1.54, 1.807) is 16.7 Å². The van der Waals surface area contributed by atoms with Gasteiger partial charge in [-0.25, -0.2) is 4.79 Å². The van der Waals surface area contributed by atoms with Crippen LogP contribution < -0.4 is 10.6 Å². The Bertz CT molecular complexity index is 1070. The van der Waals surface area contributed by atoms with Gasteiger partial charge in [-0.3, -0.25) is 14.9 Å². The Kier molecular flexibility index (Phi) is 9.18. The van der Waals surface area contributed by atoms with Crippen molar-refractivity contribution >= 4 is 35.4 Å². The highest BCUT2D eigenvalue weighted by molar-refractivity contribution is 7.98. The topological polar surface area (TPSA) is 128 Å². The number of hydrogen-bond acceptors (Lipinski definition) is 7. The number of anilines is 1. The molecule has 3 fully saturated rings. The number of fused-ring (bicyclic) bond motifs is 1. The standard InChI is InChI=1S/C29H43N3O6S/c1-18(34)30-20-11-13-32(16-20)26(36)15-22-23(35)8-9-24-28(22,2)12-10-25(29(24,3)17-33)38-27(37)31-19-6-5-7-21(14-19)39-4/h5-7,14,20,22-25,33,35H,8-13,15-17H2,1-4H3,(H,30,34)(H,31,37)/t20-,22+,23+,24?,25+,28-,29-/m0/s1. The third-order valence-corrected chi connectivity index (χ3v) is 10.3. The summed E-state index contributed by atoms with van der Waals surface area (Å²) in [5.41, 5.74) is -0.457. The lowest BCUT2D eigenvalue weighted by atomic mass is 9.46. The van der Waals surface area contributed by atoms with Gasteiger partial charge in [0.2, 0.25) is 11.8 Å². The first-order valence-corrected chi connectivity index (χ1v) is 15.2. The van der Waals surface area contributed by atoms with Gasteiger partial charge in [0.05, 0.1) is 12.7 Å². The molecule has 9 nitrogen and oxygen atoms in total.